The van der Waals surface area contributed by atoms with Crippen molar-refractivity contribution in [2.24, 2.45) is 0 Å². The van der Waals surface area contributed by atoms with Gasteiger partial charge in [-0.25, -0.2) is 4.98 Å². The lowest BCUT2D eigenvalue weighted by Crippen LogP contribution is -2.27. The van der Waals surface area contributed by atoms with Gasteiger partial charge in [0.2, 0.25) is 5.91 Å². The molecule has 0 aliphatic carbocycles. The highest BCUT2D eigenvalue weighted by Gasteiger charge is 2.16. The van der Waals surface area contributed by atoms with E-state index in [1.807, 2.05) is 55.4 Å². The summed E-state index contributed by atoms with van der Waals surface area (Å²) in [5.74, 6) is -0.104. The van der Waals surface area contributed by atoms with Gasteiger partial charge in [-0.2, -0.15) is 5.10 Å². The van der Waals surface area contributed by atoms with E-state index in [-0.39, 0.29) is 5.91 Å². The smallest absolute Gasteiger partial charge is 0.238 e. The van der Waals surface area contributed by atoms with Gasteiger partial charge in [0, 0.05) is 28.2 Å². The van der Waals surface area contributed by atoms with Crippen molar-refractivity contribution in [2.45, 2.75) is 0 Å². The Morgan fingerprint density at radius 1 is 1.06 bits per heavy atom. The number of fused-ring (bicyclic) bond motifs is 2. The molecule has 0 saturated heterocycles. The number of aromatic nitrogens is 5. The molecule has 1 amide bonds. The quantitative estimate of drug-likeness (QED) is 0.313. The number of furan rings is 1. The molecule has 5 heterocycles. The van der Waals surface area contributed by atoms with Crippen LogP contribution in [0.5, 0.6) is 0 Å². The molecule has 0 unspecified atom stereocenters. The maximum Gasteiger partial charge on any atom is 0.238 e. The van der Waals surface area contributed by atoms with Crippen LogP contribution in [0.2, 0.25) is 0 Å². The molecule has 3 N–H and O–H groups in total. The molecule has 0 aliphatic rings. The average Bonchev–Trinajstić information content (AvgIpc) is 3.62. The van der Waals surface area contributed by atoms with Crippen molar-refractivity contribution >= 4 is 33.5 Å². The standard InChI is InChI=1S/C27H23N7O2/c1-34(2)14-25(35)29-18-10-17(12-28-13-18)21-6-7-23-26(31-21)27(33-32-23)24-11-20-19(16-8-9-36-15-16)4-3-5-22(20)30-24/h3-13,15,30H,14H2,1-2H3,(H,29,35)(H,32,33). The minimum atomic E-state index is -0.104. The van der Waals surface area contributed by atoms with Gasteiger partial charge >= 0.3 is 0 Å². The minimum Gasteiger partial charge on any atom is -0.472 e. The van der Waals surface area contributed by atoms with Crippen LogP contribution in [0.25, 0.3) is 55.7 Å². The molecule has 0 saturated carbocycles. The van der Waals surface area contributed by atoms with Crippen LogP contribution in [-0.4, -0.2) is 56.6 Å². The monoisotopic (exact) mass is 477 g/mol. The van der Waals surface area contributed by atoms with Crippen molar-refractivity contribution in [1.29, 1.82) is 0 Å². The van der Waals surface area contributed by atoms with Crippen molar-refractivity contribution < 1.29 is 9.21 Å². The van der Waals surface area contributed by atoms with Gasteiger partial charge in [-0.05, 0) is 56.1 Å². The summed E-state index contributed by atoms with van der Waals surface area (Å²) in [5, 5.41) is 11.6. The van der Waals surface area contributed by atoms with Crippen molar-refractivity contribution in [3.63, 3.8) is 0 Å². The predicted molar refractivity (Wildman–Crippen MR) is 139 cm³/mol. The largest absolute Gasteiger partial charge is 0.472 e. The number of amides is 1. The molecule has 0 radical (unpaired) electrons. The highest BCUT2D eigenvalue weighted by Crippen LogP contribution is 2.34. The second kappa shape index (κ2) is 8.79. The first kappa shape index (κ1) is 21.8. The van der Waals surface area contributed by atoms with E-state index in [0.29, 0.717) is 12.2 Å². The molecule has 6 rings (SSSR count). The van der Waals surface area contributed by atoms with Gasteiger partial charge < -0.3 is 19.6 Å². The number of anilines is 1. The van der Waals surface area contributed by atoms with Gasteiger partial charge in [0.15, 0.2) is 0 Å². The number of nitrogens with one attached hydrogen (secondary N) is 3. The van der Waals surface area contributed by atoms with Crippen LogP contribution in [0, 0.1) is 0 Å². The van der Waals surface area contributed by atoms with E-state index in [9.17, 15) is 4.79 Å². The molecule has 0 spiro atoms. The van der Waals surface area contributed by atoms with E-state index in [1.165, 1.54) is 0 Å². The number of pyridine rings is 2. The lowest BCUT2D eigenvalue weighted by Gasteiger charge is -2.10. The predicted octanol–water partition coefficient (Wildman–Crippen LogP) is 4.93. The maximum absolute atomic E-state index is 12.2. The summed E-state index contributed by atoms with van der Waals surface area (Å²) < 4.78 is 5.29. The molecule has 0 fully saturated rings. The number of likely N-dealkylation sites (N-methyl/N-ethyl adjacent to an activating group) is 1. The zero-order valence-corrected chi connectivity index (χ0v) is 19.7. The van der Waals surface area contributed by atoms with Crippen molar-refractivity contribution in [1.82, 2.24) is 30.0 Å². The molecule has 9 nitrogen and oxygen atoms in total. The SMILES string of the molecule is CN(C)CC(=O)Nc1cncc(-c2ccc3[nH]nc(-c4cc5c(-c6ccoc6)cccc5[nH]4)c3n2)c1. The van der Waals surface area contributed by atoms with Gasteiger partial charge in [0.25, 0.3) is 0 Å². The first-order chi connectivity index (χ1) is 17.5. The van der Waals surface area contributed by atoms with E-state index in [1.54, 1.807) is 24.9 Å². The molecule has 5 aromatic heterocycles. The van der Waals surface area contributed by atoms with E-state index in [2.05, 4.69) is 37.6 Å². The topological polar surface area (TPSA) is 116 Å². The molecule has 0 bridgehead atoms. The maximum atomic E-state index is 12.2. The van der Waals surface area contributed by atoms with Gasteiger partial charge in [-0.3, -0.25) is 14.9 Å². The molecule has 178 valence electrons. The van der Waals surface area contributed by atoms with Crippen LogP contribution in [0.1, 0.15) is 0 Å². The number of carbonyl (C=O) groups is 1. The molecular weight excluding hydrogens is 454 g/mol. The third-order valence-electron chi connectivity index (χ3n) is 5.94. The number of hydrogen-bond acceptors (Lipinski definition) is 6. The second-order valence-electron chi connectivity index (χ2n) is 8.87. The Kier molecular flexibility index (Phi) is 5.31. The van der Waals surface area contributed by atoms with E-state index < -0.39 is 0 Å². The van der Waals surface area contributed by atoms with E-state index in [0.717, 1.165) is 55.7 Å². The fourth-order valence-electron chi connectivity index (χ4n) is 4.34. The molecule has 0 atom stereocenters. The number of hydrogen-bond donors (Lipinski definition) is 3. The number of aromatic amines is 2. The van der Waals surface area contributed by atoms with Crippen molar-refractivity contribution in [2.75, 3.05) is 26.0 Å². The summed E-state index contributed by atoms with van der Waals surface area (Å²) in [4.78, 5) is 26.7. The Balaban J connectivity index is 1.38. The highest BCUT2D eigenvalue weighted by atomic mass is 16.3. The number of rotatable bonds is 6. The second-order valence-corrected chi connectivity index (χ2v) is 8.87. The third kappa shape index (κ3) is 4.01. The molecule has 9 heteroatoms. The van der Waals surface area contributed by atoms with Crippen LogP contribution in [0.3, 0.4) is 0 Å². The van der Waals surface area contributed by atoms with Gasteiger partial charge in [0.05, 0.1) is 47.9 Å². The van der Waals surface area contributed by atoms with Gasteiger partial charge in [0.1, 0.15) is 11.2 Å². The van der Waals surface area contributed by atoms with Crippen LogP contribution >= 0.6 is 0 Å². The summed E-state index contributed by atoms with van der Waals surface area (Å²) in [6.45, 7) is 0.291. The minimum absolute atomic E-state index is 0.104. The Morgan fingerprint density at radius 3 is 2.81 bits per heavy atom. The zero-order chi connectivity index (χ0) is 24.6. The lowest BCUT2D eigenvalue weighted by atomic mass is 10.0. The first-order valence-corrected chi connectivity index (χ1v) is 11.4. The van der Waals surface area contributed by atoms with Crippen LogP contribution in [0.15, 0.2) is 77.9 Å². The first-order valence-electron chi connectivity index (χ1n) is 11.4. The Hall–Kier alpha value is -4.76. The highest BCUT2D eigenvalue weighted by molar-refractivity contribution is 6.00. The third-order valence-corrected chi connectivity index (χ3v) is 5.94. The Bertz CT molecular complexity index is 1700. The average molecular weight is 478 g/mol. The number of carbonyl (C=O) groups excluding carboxylic acids is 1. The van der Waals surface area contributed by atoms with Crippen LogP contribution < -0.4 is 5.32 Å². The Morgan fingerprint density at radius 2 is 1.97 bits per heavy atom. The zero-order valence-electron chi connectivity index (χ0n) is 19.7. The molecular formula is C27H23N7O2. The molecule has 1 aromatic carbocycles. The number of H-pyrrole nitrogens is 2. The Labute approximate surface area is 206 Å². The van der Waals surface area contributed by atoms with Crippen LogP contribution in [-0.2, 0) is 4.79 Å². The summed E-state index contributed by atoms with van der Waals surface area (Å²) >= 11 is 0. The summed E-state index contributed by atoms with van der Waals surface area (Å²) in [6.07, 6.45) is 6.77. The van der Waals surface area contributed by atoms with Gasteiger partial charge in [-0.15, -0.1) is 0 Å². The molecule has 6 aromatic rings. The fourth-order valence-corrected chi connectivity index (χ4v) is 4.34. The van der Waals surface area contributed by atoms with E-state index in [4.69, 9.17) is 9.40 Å². The van der Waals surface area contributed by atoms with Crippen molar-refractivity contribution in [3.05, 3.63) is 73.5 Å². The van der Waals surface area contributed by atoms with Crippen LogP contribution in [0.4, 0.5) is 5.69 Å². The molecule has 0 aliphatic heterocycles. The van der Waals surface area contributed by atoms with Gasteiger partial charge in [-0.1, -0.05) is 12.1 Å². The number of benzene rings is 1. The summed E-state index contributed by atoms with van der Waals surface area (Å²) in [7, 11) is 3.70. The summed E-state index contributed by atoms with van der Waals surface area (Å²) in [6, 6.07) is 15.9. The lowest BCUT2D eigenvalue weighted by molar-refractivity contribution is -0.116. The van der Waals surface area contributed by atoms with Crippen molar-refractivity contribution in [3.8, 4) is 33.8 Å². The number of nitrogens with zero attached hydrogens (tertiary/aromatic N) is 4. The normalized spacial score (nSPS) is 11.5. The molecule has 36 heavy (non-hydrogen) atoms. The summed E-state index contributed by atoms with van der Waals surface area (Å²) in [5.41, 5.74) is 8.40. The fraction of sp³-hybridized carbons (Fsp3) is 0.111. The van der Waals surface area contributed by atoms with E-state index >= 15 is 0 Å².